The standard InChI is InChI=1S/C26H20ClN3O3/c27-22-11-5-3-7-16(22)20(21-13-28-23-12-6-4-8-17(21)23)14-29-24(31)15-30-25(32)18-9-1-2-10-19(18)26(30)33/h1-13,20,28H,14-15H2,(H,29,31). The van der Waals surface area contributed by atoms with Crippen LogP contribution in [-0.4, -0.2) is 40.7 Å². The normalized spacial score (nSPS) is 13.9. The van der Waals surface area contributed by atoms with Gasteiger partial charge in [0, 0.05) is 34.6 Å². The molecule has 0 bridgehead atoms. The molecule has 3 amide bonds. The molecule has 1 aliphatic rings. The summed E-state index contributed by atoms with van der Waals surface area (Å²) in [4.78, 5) is 42.2. The summed E-state index contributed by atoms with van der Waals surface area (Å²) >= 11 is 6.51. The van der Waals surface area contributed by atoms with Gasteiger partial charge in [-0.3, -0.25) is 19.3 Å². The number of amides is 3. The molecule has 0 spiro atoms. The predicted molar refractivity (Wildman–Crippen MR) is 126 cm³/mol. The summed E-state index contributed by atoms with van der Waals surface area (Å²) in [5.41, 5.74) is 3.51. The van der Waals surface area contributed by atoms with Crippen LogP contribution in [0.15, 0.2) is 79.0 Å². The summed E-state index contributed by atoms with van der Waals surface area (Å²) < 4.78 is 0. The van der Waals surface area contributed by atoms with Gasteiger partial charge < -0.3 is 10.3 Å². The second-order valence-electron chi connectivity index (χ2n) is 7.91. The Morgan fingerprint density at radius 3 is 2.24 bits per heavy atom. The number of halogens is 1. The number of aromatic amines is 1. The van der Waals surface area contributed by atoms with E-state index in [9.17, 15) is 14.4 Å². The highest BCUT2D eigenvalue weighted by Crippen LogP contribution is 2.34. The molecule has 3 aromatic carbocycles. The molecule has 4 aromatic rings. The van der Waals surface area contributed by atoms with Crippen molar-refractivity contribution in [1.29, 1.82) is 0 Å². The van der Waals surface area contributed by atoms with E-state index in [0.29, 0.717) is 16.1 Å². The summed E-state index contributed by atoms with van der Waals surface area (Å²) in [5.74, 6) is -1.54. The maximum Gasteiger partial charge on any atom is 0.262 e. The third kappa shape index (κ3) is 3.79. The summed E-state index contributed by atoms with van der Waals surface area (Å²) in [6.45, 7) is -0.0803. The highest BCUT2D eigenvalue weighted by molar-refractivity contribution is 6.31. The van der Waals surface area contributed by atoms with Crippen LogP contribution in [0.4, 0.5) is 0 Å². The second-order valence-corrected chi connectivity index (χ2v) is 8.32. The lowest BCUT2D eigenvalue weighted by Gasteiger charge is -2.20. The van der Waals surface area contributed by atoms with Crippen molar-refractivity contribution in [3.8, 4) is 0 Å². The Labute approximate surface area is 195 Å². The number of carbonyl (C=O) groups excluding carboxylic acids is 3. The van der Waals surface area contributed by atoms with Crippen molar-refractivity contribution < 1.29 is 14.4 Å². The zero-order valence-corrected chi connectivity index (χ0v) is 18.3. The van der Waals surface area contributed by atoms with Crippen LogP contribution < -0.4 is 5.32 Å². The predicted octanol–water partition coefficient (Wildman–Crippen LogP) is 4.37. The third-order valence-electron chi connectivity index (χ3n) is 5.96. The van der Waals surface area contributed by atoms with Gasteiger partial charge in [-0.25, -0.2) is 0 Å². The van der Waals surface area contributed by atoms with Gasteiger partial charge in [-0.1, -0.05) is 60.1 Å². The Morgan fingerprint density at radius 2 is 1.52 bits per heavy atom. The molecule has 1 unspecified atom stereocenters. The van der Waals surface area contributed by atoms with Crippen molar-refractivity contribution >= 4 is 40.2 Å². The number of para-hydroxylation sites is 1. The maximum absolute atomic E-state index is 12.8. The Bertz CT molecular complexity index is 1360. The average Bonchev–Trinajstić information content (AvgIpc) is 3.36. The molecule has 0 fully saturated rings. The molecular formula is C26H20ClN3O3. The first-order valence-electron chi connectivity index (χ1n) is 10.6. The fraction of sp³-hybridized carbons (Fsp3) is 0.115. The minimum absolute atomic E-state index is 0.221. The number of imide groups is 1. The molecule has 7 heteroatoms. The van der Waals surface area contributed by atoms with Crippen molar-refractivity contribution in [2.24, 2.45) is 0 Å². The maximum atomic E-state index is 12.8. The number of hydrogen-bond donors (Lipinski definition) is 2. The molecule has 164 valence electrons. The molecule has 0 saturated carbocycles. The van der Waals surface area contributed by atoms with E-state index < -0.39 is 17.7 Å². The van der Waals surface area contributed by atoms with Gasteiger partial charge in [0.25, 0.3) is 11.8 Å². The van der Waals surface area contributed by atoms with Crippen LogP contribution in [0.3, 0.4) is 0 Å². The first kappa shape index (κ1) is 21.0. The minimum atomic E-state index is -0.454. The summed E-state index contributed by atoms with van der Waals surface area (Å²) in [6, 6.07) is 22.0. The average molecular weight is 458 g/mol. The van der Waals surface area contributed by atoms with E-state index in [4.69, 9.17) is 11.6 Å². The zero-order valence-electron chi connectivity index (χ0n) is 17.5. The van der Waals surface area contributed by atoms with Crippen molar-refractivity contribution in [2.75, 3.05) is 13.1 Å². The summed E-state index contributed by atoms with van der Waals surface area (Å²) in [5, 5.41) is 4.54. The number of fused-ring (bicyclic) bond motifs is 2. The molecule has 0 aliphatic carbocycles. The van der Waals surface area contributed by atoms with E-state index in [2.05, 4.69) is 10.3 Å². The van der Waals surface area contributed by atoms with Crippen LogP contribution >= 0.6 is 11.6 Å². The van der Waals surface area contributed by atoms with Crippen LogP contribution in [0.1, 0.15) is 37.8 Å². The molecule has 1 aliphatic heterocycles. The minimum Gasteiger partial charge on any atom is -0.361 e. The number of carbonyl (C=O) groups is 3. The van der Waals surface area contributed by atoms with E-state index >= 15 is 0 Å². The lowest BCUT2D eigenvalue weighted by Crippen LogP contribution is -2.41. The van der Waals surface area contributed by atoms with Gasteiger partial charge in [-0.05, 0) is 35.4 Å². The lowest BCUT2D eigenvalue weighted by atomic mass is 9.90. The van der Waals surface area contributed by atoms with Gasteiger partial charge in [-0.2, -0.15) is 0 Å². The fourth-order valence-electron chi connectivity index (χ4n) is 4.33. The van der Waals surface area contributed by atoms with Crippen LogP contribution in [0.5, 0.6) is 0 Å². The summed E-state index contributed by atoms with van der Waals surface area (Å²) in [7, 11) is 0. The molecule has 5 rings (SSSR count). The van der Waals surface area contributed by atoms with Crippen molar-refractivity contribution in [2.45, 2.75) is 5.92 Å². The molecule has 0 radical (unpaired) electrons. The monoisotopic (exact) mass is 457 g/mol. The van der Waals surface area contributed by atoms with Crippen molar-refractivity contribution in [3.05, 3.63) is 106 Å². The largest absolute Gasteiger partial charge is 0.361 e. The fourth-order valence-corrected chi connectivity index (χ4v) is 4.59. The smallest absolute Gasteiger partial charge is 0.262 e. The molecular weight excluding hydrogens is 438 g/mol. The molecule has 1 atom stereocenters. The second kappa shape index (κ2) is 8.56. The van der Waals surface area contributed by atoms with Gasteiger partial charge in [0.2, 0.25) is 5.91 Å². The molecule has 1 aromatic heterocycles. The number of nitrogens with one attached hydrogen (secondary N) is 2. The van der Waals surface area contributed by atoms with Gasteiger partial charge in [-0.15, -0.1) is 0 Å². The number of hydrogen-bond acceptors (Lipinski definition) is 3. The van der Waals surface area contributed by atoms with E-state index in [1.54, 1.807) is 24.3 Å². The number of nitrogens with zero attached hydrogens (tertiary/aromatic N) is 1. The number of rotatable bonds is 6. The van der Waals surface area contributed by atoms with Gasteiger partial charge >= 0.3 is 0 Å². The van der Waals surface area contributed by atoms with Gasteiger partial charge in [0.05, 0.1) is 11.1 Å². The highest BCUT2D eigenvalue weighted by Gasteiger charge is 2.36. The number of aromatic nitrogens is 1. The first-order chi connectivity index (χ1) is 16.0. The molecule has 6 nitrogen and oxygen atoms in total. The Kier molecular flexibility index (Phi) is 5.44. The zero-order chi connectivity index (χ0) is 22.9. The molecule has 2 N–H and O–H groups in total. The summed E-state index contributed by atoms with van der Waals surface area (Å²) in [6.07, 6.45) is 1.93. The first-order valence-corrected chi connectivity index (χ1v) is 10.9. The third-order valence-corrected chi connectivity index (χ3v) is 6.30. The van der Waals surface area contributed by atoms with Crippen LogP contribution in [0.25, 0.3) is 10.9 Å². The molecule has 0 saturated heterocycles. The topological polar surface area (TPSA) is 82.3 Å². The van der Waals surface area contributed by atoms with E-state index in [1.165, 1.54) is 0 Å². The quantitative estimate of drug-likeness (QED) is 0.422. The molecule has 33 heavy (non-hydrogen) atoms. The SMILES string of the molecule is O=C(CN1C(=O)c2ccccc2C1=O)NCC(c1ccccc1Cl)c1c[nH]c2ccccc12. The van der Waals surface area contributed by atoms with Gasteiger partial charge in [0.15, 0.2) is 0 Å². The number of H-pyrrole nitrogens is 1. The van der Waals surface area contributed by atoms with Gasteiger partial charge in [0.1, 0.15) is 6.54 Å². The Morgan fingerprint density at radius 1 is 0.879 bits per heavy atom. The highest BCUT2D eigenvalue weighted by atomic mass is 35.5. The Hall–Kier alpha value is -3.90. The number of benzene rings is 3. The van der Waals surface area contributed by atoms with E-state index in [-0.39, 0.29) is 19.0 Å². The Balaban J connectivity index is 1.37. The van der Waals surface area contributed by atoms with Crippen molar-refractivity contribution in [1.82, 2.24) is 15.2 Å². The van der Waals surface area contributed by atoms with E-state index in [1.807, 2.05) is 54.7 Å². The van der Waals surface area contributed by atoms with E-state index in [0.717, 1.165) is 26.9 Å². The van der Waals surface area contributed by atoms with Crippen LogP contribution in [0.2, 0.25) is 5.02 Å². The van der Waals surface area contributed by atoms with Crippen LogP contribution in [-0.2, 0) is 4.79 Å². The molecule has 2 heterocycles. The lowest BCUT2D eigenvalue weighted by molar-refractivity contribution is -0.121. The van der Waals surface area contributed by atoms with Crippen LogP contribution in [0, 0.1) is 0 Å². The van der Waals surface area contributed by atoms with Crippen molar-refractivity contribution in [3.63, 3.8) is 0 Å².